The number of ether oxygens (including phenoxy) is 2. The van der Waals surface area contributed by atoms with Gasteiger partial charge in [0, 0.05) is 0 Å². The normalized spacial score (nSPS) is 13.8. The molecule has 2 atom stereocenters. The molecule has 0 aromatic carbocycles. The van der Waals surface area contributed by atoms with E-state index in [0.29, 0.717) is 12.5 Å². The minimum absolute atomic E-state index is 0.0347. The molecule has 0 rings (SSSR count). The zero-order chi connectivity index (χ0) is 15.2. The van der Waals surface area contributed by atoms with Gasteiger partial charge in [-0.1, -0.05) is 58.8 Å². The van der Waals surface area contributed by atoms with Gasteiger partial charge in [-0.05, 0) is 32.6 Å². The molecule has 0 aromatic rings. The average molecular weight is 286 g/mol. The van der Waals surface area contributed by atoms with Crippen LogP contribution < -0.4 is 0 Å². The lowest BCUT2D eigenvalue weighted by molar-refractivity contribution is 0.00772. The Hall–Kier alpha value is -0.730. The topological polar surface area (TPSA) is 35.5 Å². The molecule has 0 N–H and O–H groups in total. The van der Waals surface area contributed by atoms with Crippen LogP contribution in [0.4, 0.5) is 4.79 Å². The zero-order valence-electron chi connectivity index (χ0n) is 14.0. The molecule has 0 saturated heterocycles. The number of rotatable bonds is 12. The van der Waals surface area contributed by atoms with Gasteiger partial charge in [-0.15, -0.1) is 0 Å². The lowest BCUT2D eigenvalue weighted by atomic mass is 9.90. The Morgan fingerprint density at radius 3 is 2.00 bits per heavy atom. The lowest BCUT2D eigenvalue weighted by Crippen LogP contribution is -2.25. The summed E-state index contributed by atoms with van der Waals surface area (Å²) in [5.41, 5.74) is 0. The van der Waals surface area contributed by atoms with E-state index in [1.807, 2.05) is 6.92 Å². The molecule has 0 aromatic heterocycles. The summed E-state index contributed by atoms with van der Waals surface area (Å²) < 4.78 is 10.2. The summed E-state index contributed by atoms with van der Waals surface area (Å²) in [5.74, 6) is 0.475. The van der Waals surface area contributed by atoms with Crippen LogP contribution in [0.25, 0.3) is 0 Å². The van der Waals surface area contributed by atoms with E-state index in [2.05, 4.69) is 13.8 Å². The Bertz CT molecular complexity index is 228. The van der Waals surface area contributed by atoms with Gasteiger partial charge in [0.15, 0.2) is 0 Å². The van der Waals surface area contributed by atoms with Gasteiger partial charge in [-0.3, -0.25) is 0 Å². The van der Waals surface area contributed by atoms with Crippen molar-refractivity contribution in [1.82, 2.24) is 0 Å². The van der Waals surface area contributed by atoms with E-state index in [1.165, 1.54) is 44.9 Å². The van der Waals surface area contributed by atoms with Crippen LogP contribution >= 0.6 is 0 Å². The molecule has 0 aliphatic heterocycles. The molecule has 0 saturated carbocycles. The maximum absolute atomic E-state index is 11.4. The monoisotopic (exact) mass is 286 g/mol. The second kappa shape index (κ2) is 13.3. The van der Waals surface area contributed by atoms with Crippen molar-refractivity contribution < 1.29 is 14.3 Å². The third-order valence-electron chi connectivity index (χ3n) is 3.82. The highest BCUT2D eigenvalue weighted by atomic mass is 16.7. The fourth-order valence-electron chi connectivity index (χ4n) is 2.50. The Morgan fingerprint density at radius 2 is 1.45 bits per heavy atom. The van der Waals surface area contributed by atoms with E-state index in [9.17, 15) is 4.79 Å². The maximum Gasteiger partial charge on any atom is 0.508 e. The summed E-state index contributed by atoms with van der Waals surface area (Å²) in [4.78, 5) is 11.4. The lowest BCUT2D eigenvalue weighted by Gasteiger charge is -2.23. The van der Waals surface area contributed by atoms with Gasteiger partial charge in [0.2, 0.25) is 0 Å². The first kappa shape index (κ1) is 19.3. The van der Waals surface area contributed by atoms with Gasteiger partial charge in [-0.2, -0.15) is 0 Å². The van der Waals surface area contributed by atoms with Gasteiger partial charge in [0.05, 0.1) is 6.61 Å². The Kier molecular flexibility index (Phi) is 12.8. The second-order valence-electron chi connectivity index (χ2n) is 5.61. The van der Waals surface area contributed by atoms with Crippen LogP contribution in [-0.2, 0) is 9.47 Å². The van der Waals surface area contributed by atoms with Crippen molar-refractivity contribution in [3.8, 4) is 0 Å². The molecule has 0 fully saturated rings. The first-order valence-corrected chi connectivity index (χ1v) is 8.49. The van der Waals surface area contributed by atoms with Gasteiger partial charge >= 0.3 is 6.16 Å². The van der Waals surface area contributed by atoms with E-state index in [1.54, 1.807) is 6.92 Å². The molecular formula is C17H34O3. The molecule has 2 unspecified atom stereocenters. The molecule has 0 heterocycles. The van der Waals surface area contributed by atoms with E-state index in [0.717, 1.165) is 12.8 Å². The van der Waals surface area contributed by atoms with Crippen LogP contribution in [-0.4, -0.2) is 18.9 Å². The number of unbranched alkanes of at least 4 members (excludes halogenated alkanes) is 5. The van der Waals surface area contributed by atoms with Crippen LogP contribution in [0.5, 0.6) is 0 Å². The van der Waals surface area contributed by atoms with Crippen LogP contribution in [0, 0.1) is 5.92 Å². The molecule has 3 nitrogen and oxygen atoms in total. The minimum Gasteiger partial charge on any atom is -0.435 e. The summed E-state index contributed by atoms with van der Waals surface area (Å²) >= 11 is 0. The van der Waals surface area contributed by atoms with Crippen LogP contribution in [0.2, 0.25) is 0 Å². The number of hydrogen-bond donors (Lipinski definition) is 0. The van der Waals surface area contributed by atoms with Crippen molar-refractivity contribution in [3.05, 3.63) is 0 Å². The highest BCUT2D eigenvalue weighted by Gasteiger charge is 2.21. The standard InChI is InChI=1S/C17H34O3/c1-5-8-10-12-14-16(13-11-9-6-2)15(4)20-17(18)19-7-3/h15-16H,5-14H2,1-4H3. The van der Waals surface area contributed by atoms with Gasteiger partial charge in [0.1, 0.15) is 6.10 Å². The Labute approximate surface area is 125 Å². The average Bonchev–Trinajstić information content (AvgIpc) is 2.41. The van der Waals surface area contributed by atoms with Crippen molar-refractivity contribution in [2.24, 2.45) is 5.92 Å². The third kappa shape index (κ3) is 10.1. The van der Waals surface area contributed by atoms with E-state index >= 15 is 0 Å². The first-order chi connectivity index (χ1) is 9.65. The van der Waals surface area contributed by atoms with E-state index in [4.69, 9.17) is 9.47 Å². The Balaban J connectivity index is 4.14. The summed E-state index contributed by atoms with van der Waals surface area (Å²) in [7, 11) is 0. The molecule has 0 aliphatic carbocycles. The SMILES string of the molecule is CCCCCCC(CCCCC)C(C)OC(=O)OCC. The summed E-state index contributed by atoms with van der Waals surface area (Å²) in [5, 5.41) is 0. The highest BCUT2D eigenvalue weighted by Crippen LogP contribution is 2.23. The summed E-state index contributed by atoms with van der Waals surface area (Å²) in [6.45, 7) is 8.63. The molecule has 0 aliphatic rings. The van der Waals surface area contributed by atoms with Gasteiger partial charge in [0.25, 0.3) is 0 Å². The minimum atomic E-state index is -0.519. The smallest absolute Gasteiger partial charge is 0.435 e. The third-order valence-corrected chi connectivity index (χ3v) is 3.82. The fourth-order valence-corrected chi connectivity index (χ4v) is 2.50. The molecule has 3 heteroatoms. The summed E-state index contributed by atoms with van der Waals surface area (Å²) in [6, 6.07) is 0. The van der Waals surface area contributed by atoms with Crippen molar-refractivity contribution in [2.45, 2.75) is 91.6 Å². The fraction of sp³-hybridized carbons (Fsp3) is 0.941. The molecular weight excluding hydrogens is 252 g/mol. The van der Waals surface area contributed by atoms with Crippen molar-refractivity contribution in [1.29, 1.82) is 0 Å². The van der Waals surface area contributed by atoms with Crippen molar-refractivity contribution in [2.75, 3.05) is 6.61 Å². The van der Waals surface area contributed by atoms with Crippen LogP contribution in [0.15, 0.2) is 0 Å². The van der Waals surface area contributed by atoms with Gasteiger partial charge < -0.3 is 9.47 Å². The molecule has 20 heavy (non-hydrogen) atoms. The predicted octanol–water partition coefficient (Wildman–Crippen LogP) is 5.71. The highest BCUT2D eigenvalue weighted by molar-refractivity contribution is 5.60. The number of carbonyl (C=O) groups is 1. The zero-order valence-corrected chi connectivity index (χ0v) is 14.0. The van der Waals surface area contributed by atoms with Crippen molar-refractivity contribution >= 4 is 6.16 Å². The Morgan fingerprint density at radius 1 is 0.900 bits per heavy atom. The van der Waals surface area contributed by atoms with Crippen LogP contribution in [0.1, 0.15) is 85.5 Å². The number of carbonyl (C=O) groups excluding carboxylic acids is 1. The van der Waals surface area contributed by atoms with Crippen LogP contribution in [0.3, 0.4) is 0 Å². The molecule has 0 bridgehead atoms. The first-order valence-electron chi connectivity index (χ1n) is 8.49. The summed E-state index contributed by atoms with van der Waals surface area (Å²) in [6.07, 6.45) is 10.6. The molecule has 0 amide bonds. The predicted molar refractivity (Wildman–Crippen MR) is 84.0 cm³/mol. The van der Waals surface area contributed by atoms with Gasteiger partial charge in [-0.25, -0.2) is 4.79 Å². The van der Waals surface area contributed by atoms with E-state index < -0.39 is 6.16 Å². The molecule has 0 radical (unpaired) electrons. The van der Waals surface area contributed by atoms with E-state index in [-0.39, 0.29) is 6.10 Å². The molecule has 0 spiro atoms. The molecule has 120 valence electrons. The second-order valence-corrected chi connectivity index (χ2v) is 5.61. The maximum atomic E-state index is 11.4. The quantitative estimate of drug-likeness (QED) is 0.340. The number of hydrogen-bond acceptors (Lipinski definition) is 3. The largest absolute Gasteiger partial charge is 0.508 e. The van der Waals surface area contributed by atoms with Crippen molar-refractivity contribution in [3.63, 3.8) is 0 Å².